The van der Waals surface area contributed by atoms with Crippen LogP contribution in [0.5, 0.6) is 0 Å². The molecule has 2 aliphatic rings. The normalized spacial score (nSPS) is 24.2. The molecule has 0 aromatic heterocycles. The third-order valence-electron chi connectivity index (χ3n) is 6.66. The van der Waals surface area contributed by atoms with Crippen LogP contribution in [0.1, 0.15) is 44.9 Å². The minimum atomic E-state index is 0.590. The van der Waals surface area contributed by atoms with Crippen molar-refractivity contribution in [2.45, 2.75) is 57.0 Å². The van der Waals surface area contributed by atoms with E-state index in [0.29, 0.717) is 6.04 Å². The first kappa shape index (κ1) is 22.8. The summed E-state index contributed by atoms with van der Waals surface area (Å²) in [5, 5.41) is 0.822. The van der Waals surface area contributed by atoms with Crippen molar-refractivity contribution in [3.8, 4) is 0 Å². The molecule has 6 heteroatoms. The number of anilines is 1. The van der Waals surface area contributed by atoms with Gasteiger partial charge in [0.25, 0.3) is 0 Å². The van der Waals surface area contributed by atoms with Crippen LogP contribution >= 0.6 is 11.6 Å². The molecule has 5 nitrogen and oxygen atoms in total. The van der Waals surface area contributed by atoms with E-state index in [-0.39, 0.29) is 0 Å². The standard InChI is InChI=1S/C23H40ClN5/c24-20-6-3-8-22(18-20)29-17-16-28(15-5-12-26)23(19-29)10-9-21-7-1-2-13-27(21)14-4-11-25/h3,6,8,18,21,23H,1-2,4-5,7,9-17,19,25-26H2. The van der Waals surface area contributed by atoms with Gasteiger partial charge in [0, 0.05) is 42.4 Å². The lowest BCUT2D eigenvalue weighted by Crippen LogP contribution is -2.54. The maximum atomic E-state index is 6.25. The number of rotatable bonds is 10. The van der Waals surface area contributed by atoms with Gasteiger partial charge in [-0.05, 0) is 89.4 Å². The fourth-order valence-electron chi connectivity index (χ4n) is 5.02. The molecule has 0 saturated carbocycles. The molecule has 0 aliphatic carbocycles. The molecular weight excluding hydrogens is 382 g/mol. The van der Waals surface area contributed by atoms with Gasteiger partial charge in [-0.2, -0.15) is 0 Å². The Hall–Kier alpha value is -0.850. The molecule has 2 unspecified atom stereocenters. The van der Waals surface area contributed by atoms with Crippen molar-refractivity contribution in [2.75, 3.05) is 57.3 Å². The van der Waals surface area contributed by atoms with Gasteiger partial charge in [0.1, 0.15) is 0 Å². The number of piperazine rings is 1. The van der Waals surface area contributed by atoms with E-state index < -0.39 is 0 Å². The molecule has 2 saturated heterocycles. The van der Waals surface area contributed by atoms with Gasteiger partial charge in [0.15, 0.2) is 0 Å². The van der Waals surface area contributed by atoms with Crippen LogP contribution in [0.3, 0.4) is 0 Å². The van der Waals surface area contributed by atoms with Crippen LogP contribution in [-0.2, 0) is 0 Å². The Morgan fingerprint density at radius 3 is 2.34 bits per heavy atom. The minimum absolute atomic E-state index is 0.590. The van der Waals surface area contributed by atoms with Gasteiger partial charge in [-0.3, -0.25) is 4.90 Å². The number of piperidine rings is 1. The van der Waals surface area contributed by atoms with Gasteiger partial charge in [-0.25, -0.2) is 0 Å². The maximum Gasteiger partial charge on any atom is 0.0426 e. The van der Waals surface area contributed by atoms with Gasteiger partial charge >= 0.3 is 0 Å². The number of nitrogens with two attached hydrogens (primary N) is 2. The van der Waals surface area contributed by atoms with Gasteiger partial charge in [-0.15, -0.1) is 0 Å². The molecule has 2 fully saturated rings. The Morgan fingerprint density at radius 1 is 0.897 bits per heavy atom. The number of hydrogen-bond acceptors (Lipinski definition) is 5. The van der Waals surface area contributed by atoms with Crippen LogP contribution < -0.4 is 16.4 Å². The van der Waals surface area contributed by atoms with Crippen molar-refractivity contribution < 1.29 is 0 Å². The summed E-state index contributed by atoms with van der Waals surface area (Å²) in [5.41, 5.74) is 12.8. The van der Waals surface area contributed by atoms with Gasteiger partial charge < -0.3 is 21.3 Å². The lowest BCUT2D eigenvalue weighted by atomic mass is 9.94. The molecule has 3 rings (SSSR count). The summed E-state index contributed by atoms with van der Waals surface area (Å²) in [6.07, 6.45) is 8.81. The van der Waals surface area contributed by atoms with Crippen LogP contribution in [0.4, 0.5) is 5.69 Å². The fraction of sp³-hybridized carbons (Fsp3) is 0.739. The second-order valence-corrected chi connectivity index (χ2v) is 9.10. The predicted octanol–water partition coefficient (Wildman–Crippen LogP) is 3.16. The molecule has 0 bridgehead atoms. The van der Waals surface area contributed by atoms with Crippen LogP contribution in [0.25, 0.3) is 0 Å². The van der Waals surface area contributed by atoms with E-state index >= 15 is 0 Å². The maximum absolute atomic E-state index is 6.25. The minimum Gasteiger partial charge on any atom is -0.369 e. The van der Waals surface area contributed by atoms with Crippen molar-refractivity contribution in [3.63, 3.8) is 0 Å². The molecule has 29 heavy (non-hydrogen) atoms. The highest BCUT2D eigenvalue weighted by atomic mass is 35.5. The third-order valence-corrected chi connectivity index (χ3v) is 6.89. The summed E-state index contributed by atoms with van der Waals surface area (Å²) in [6.45, 7) is 8.36. The number of hydrogen-bond donors (Lipinski definition) is 2. The largest absolute Gasteiger partial charge is 0.369 e. The second-order valence-electron chi connectivity index (χ2n) is 8.66. The molecule has 2 aliphatic heterocycles. The van der Waals surface area contributed by atoms with E-state index in [1.807, 2.05) is 6.07 Å². The second kappa shape index (κ2) is 12.1. The number of halogens is 1. The zero-order valence-electron chi connectivity index (χ0n) is 17.9. The van der Waals surface area contributed by atoms with Crippen LogP contribution in [-0.4, -0.2) is 74.2 Å². The van der Waals surface area contributed by atoms with Crippen molar-refractivity contribution in [1.29, 1.82) is 0 Å². The van der Waals surface area contributed by atoms with E-state index in [0.717, 1.165) is 69.7 Å². The number of nitrogens with zero attached hydrogens (tertiary/aromatic N) is 3. The third kappa shape index (κ3) is 6.83. The lowest BCUT2D eigenvalue weighted by Gasteiger charge is -2.44. The Bertz CT molecular complexity index is 598. The van der Waals surface area contributed by atoms with Crippen molar-refractivity contribution in [1.82, 2.24) is 9.80 Å². The molecule has 0 amide bonds. The van der Waals surface area contributed by atoms with Crippen LogP contribution in [0.15, 0.2) is 24.3 Å². The Morgan fingerprint density at radius 2 is 1.62 bits per heavy atom. The summed E-state index contributed by atoms with van der Waals surface area (Å²) < 4.78 is 0. The molecule has 4 N–H and O–H groups in total. The summed E-state index contributed by atoms with van der Waals surface area (Å²) in [4.78, 5) is 7.90. The highest BCUT2D eigenvalue weighted by Crippen LogP contribution is 2.27. The van der Waals surface area contributed by atoms with E-state index in [9.17, 15) is 0 Å². The quantitative estimate of drug-likeness (QED) is 0.607. The Labute approximate surface area is 182 Å². The smallest absolute Gasteiger partial charge is 0.0426 e. The fourth-order valence-corrected chi connectivity index (χ4v) is 5.21. The first-order valence-electron chi connectivity index (χ1n) is 11.6. The number of benzene rings is 1. The van der Waals surface area contributed by atoms with Crippen LogP contribution in [0.2, 0.25) is 5.02 Å². The van der Waals surface area contributed by atoms with E-state index in [2.05, 4.69) is 32.9 Å². The molecule has 0 radical (unpaired) electrons. The molecule has 164 valence electrons. The van der Waals surface area contributed by atoms with Gasteiger partial charge in [-0.1, -0.05) is 24.1 Å². The molecule has 0 spiro atoms. The predicted molar refractivity (Wildman–Crippen MR) is 125 cm³/mol. The summed E-state index contributed by atoms with van der Waals surface area (Å²) in [5.74, 6) is 0. The Kier molecular flexibility index (Phi) is 9.53. The van der Waals surface area contributed by atoms with E-state index in [1.165, 1.54) is 44.3 Å². The van der Waals surface area contributed by atoms with Gasteiger partial charge in [0.05, 0.1) is 0 Å². The molecule has 1 aromatic rings. The molecular formula is C23H40ClN5. The highest BCUT2D eigenvalue weighted by molar-refractivity contribution is 6.30. The summed E-state index contributed by atoms with van der Waals surface area (Å²) >= 11 is 6.25. The average molecular weight is 422 g/mol. The monoisotopic (exact) mass is 421 g/mol. The zero-order valence-corrected chi connectivity index (χ0v) is 18.7. The lowest BCUT2D eigenvalue weighted by molar-refractivity contribution is 0.113. The number of likely N-dealkylation sites (tertiary alicyclic amines) is 1. The van der Waals surface area contributed by atoms with E-state index in [4.69, 9.17) is 23.1 Å². The molecule has 2 heterocycles. The summed E-state index contributed by atoms with van der Waals surface area (Å²) in [7, 11) is 0. The highest BCUT2D eigenvalue weighted by Gasteiger charge is 2.29. The zero-order chi connectivity index (χ0) is 20.5. The van der Waals surface area contributed by atoms with Gasteiger partial charge in [0.2, 0.25) is 0 Å². The van der Waals surface area contributed by atoms with Crippen molar-refractivity contribution >= 4 is 17.3 Å². The first-order valence-corrected chi connectivity index (χ1v) is 12.0. The topological polar surface area (TPSA) is 61.8 Å². The molecule has 1 aromatic carbocycles. The van der Waals surface area contributed by atoms with Crippen molar-refractivity contribution in [2.24, 2.45) is 11.5 Å². The molecule has 2 atom stereocenters. The first-order chi connectivity index (χ1) is 14.2. The van der Waals surface area contributed by atoms with E-state index in [1.54, 1.807) is 0 Å². The van der Waals surface area contributed by atoms with Crippen molar-refractivity contribution in [3.05, 3.63) is 29.3 Å². The van der Waals surface area contributed by atoms with Crippen LogP contribution in [0, 0.1) is 0 Å². The SMILES string of the molecule is NCCCN1CCCCC1CCC1CN(c2cccc(Cl)c2)CCN1CCCN. The summed E-state index contributed by atoms with van der Waals surface area (Å²) in [6, 6.07) is 9.63. The Balaban J connectivity index is 1.61. The average Bonchev–Trinajstić information content (AvgIpc) is 2.75.